The normalized spacial score (nSPS) is 10.9. The largest absolute Gasteiger partial charge is 0.493 e. The Morgan fingerprint density at radius 3 is 2.59 bits per heavy atom. The molecule has 7 nitrogen and oxygen atoms in total. The first-order valence-electron chi connectivity index (χ1n) is 9.19. The molecule has 0 fully saturated rings. The van der Waals surface area contributed by atoms with E-state index in [9.17, 15) is 14.9 Å². The van der Waals surface area contributed by atoms with E-state index >= 15 is 0 Å². The van der Waals surface area contributed by atoms with Crippen molar-refractivity contribution in [3.05, 3.63) is 87.3 Å². The number of furan rings is 1. The van der Waals surface area contributed by atoms with Gasteiger partial charge >= 0.3 is 5.97 Å². The Balaban J connectivity index is 1.75. The summed E-state index contributed by atoms with van der Waals surface area (Å²) in [5.74, 6) is -0.259. The molecule has 1 N–H and O–H groups in total. The van der Waals surface area contributed by atoms with Crippen LogP contribution in [0.5, 0.6) is 11.5 Å². The molecule has 0 saturated heterocycles. The van der Waals surface area contributed by atoms with Crippen LogP contribution in [0.15, 0.2) is 64.8 Å². The summed E-state index contributed by atoms with van der Waals surface area (Å²) in [4.78, 5) is 24.7. The standard InChI is InChI=1S/C23H16Cl2N2O5/c1-30-21-10-14(9-16(12-26)22(28)27-13-17-3-2-8-31-17)4-7-20(21)32-23(29)15-5-6-18(24)19(25)11-15/h2-11H,13H2,1H3,(H,27,28)/b16-9+. The number of hydrogen-bond donors (Lipinski definition) is 1. The van der Waals surface area contributed by atoms with Crippen LogP contribution in [-0.4, -0.2) is 19.0 Å². The molecule has 3 rings (SSSR count). The number of ether oxygens (including phenoxy) is 2. The molecule has 1 aromatic heterocycles. The predicted octanol–water partition coefficient (Wildman–Crippen LogP) is 5.04. The van der Waals surface area contributed by atoms with Gasteiger partial charge in [0.2, 0.25) is 0 Å². The Bertz CT molecular complexity index is 1210. The monoisotopic (exact) mass is 470 g/mol. The van der Waals surface area contributed by atoms with Gasteiger partial charge in [0.15, 0.2) is 11.5 Å². The molecule has 2 aromatic carbocycles. The molecule has 0 aliphatic carbocycles. The van der Waals surface area contributed by atoms with Crippen molar-refractivity contribution in [3.8, 4) is 17.6 Å². The lowest BCUT2D eigenvalue weighted by atomic mass is 10.1. The van der Waals surface area contributed by atoms with Crippen molar-refractivity contribution in [2.45, 2.75) is 6.54 Å². The van der Waals surface area contributed by atoms with Gasteiger partial charge in [0.25, 0.3) is 5.91 Å². The van der Waals surface area contributed by atoms with E-state index in [-0.39, 0.29) is 34.2 Å². The topological polar surface area (TPSA) is 102 Å². The Hall–Kier alpha value is -3.73. The number of amides is 1. The molecule has 162 valence electrons. The van der Waals surface area contributed by atoms with Crippen LogP contribution in [-0.2, 0) is 11.3 Å². The van der Waals surface area contributed by atoms with Crippen LogP contribution >= 0.6 is 23.2 Å². The van der Waals surface area contributed by atoms with Crippen LogP contribution in [0, 0.1) is 11.3 Å². The van der Waals surface area contributed by atoms with Gasteiger partial charge in [-0.15, -0.1) is 0 Å². The van der Waals surface area contributed by atoms with Gasteiger partial charge in [-0.2, -0.15) is 5.26 Å². The van der Waals surface area contributed by atoms with E-state index in [1.165, 1.54) is 49.8 Å². The van der Waals surface area contributed by atoms with Crippen molar-refractivity contribution in [1.29, 1.82) is 5.26 Å². The Morgan fingerprint density at radius 2 is 1.94 bits per heavy atom. The van der Waals surface area contributed by atoms with E-state index < -0.39 is 11.9 Å². The molecule has 0 aliphatic rings. The number of nitriles is 1. The highest BCUT2D eigenvalue weighted by molar-refractivity contribution is 6.42. The number of benzene rings is 2. The number of rotatable bonds is 7. The lowest BCUT2D eigenvalue weighted by Crippen LogP contribution is -2.23. The summed E-state index contributed by atoms with van der Waals surface area (Å²) in [5, 5.41) is 12.5. The molecule has 0 aliphatic heterocycles. The molecular formula is C23H16Cl2N2O5. The first-order valence-corrected chi connectivity index (χ1v) is 9.94. The molecule has 32 heavy (non-hydrogen) atoms. The highest BCUT2D eigenvalue weighted by Gasteiger charge is 2.15. The Labute approximate surface area is 193 Å². The van der Waals surface area contributed by atoms with Gasteiger partial charge in [-0.25, -0.2) is 4.79 Å². The van der Waals surface area contributed by atoms with Crippen molar-refractivity contribution in [3.63, 3.8) is 0 Å². The third kappa shape index (κ3) is 5.70. The second-order valence-corrected chi connectivity index (χ2v) is 7.17. The van der Waals surface area contributed by atoms with Crippen LogP contribution in [0.4, 0.5) is 0 Å². The maximum absolute atomic E-state index is 12.4. The highest BCUT2D eigenvalue weighted by atomic mass is 35.5. The molecule has 1 amide bonds. The molecule has 0 saturated carbocycles. The smallest absolute Gasteiger partial charge is 0.343 e. The zero-order chi connectivity index (χ0) is 23.1. The summed E-state index contributed by atoms with van der Waals surface area (Å²) in [6, 6.07) is 14.3. The number of carbonyl (C=O) groups is 2. The molecular weight excluding hydrogens is 455 g/mol. The maximum atomic E-state index is 12.4. The average molecular weight is 471 g/mol. The van der Waals surface area contributed by atoms with Crippen LogP contribution in [0.2, 0.25) is 10.0 Å². The molecule has 0 spiro atoms. The molecule has 0 unspecified atom stereocenters. The van der Waals surface area contributed by atoms with Gasteiger partial charge in [-0.05, 0) is 54.1 Å². The minimum atomic E-state index is -0.653. The zero-order valence-electron chi connectivity index (χ0n) is 16.7. The third-order valence-corrected chi connectivity index (χ3v) is 4.96. The van der Waals surface area contributed by atoms with Crippen LogP contribution in [0.1, 0.15) is 21.7 Å². The number of esters is 1. The minimum Gasteiger partial charge on any atom is -0.493 e. The van der Waals surface area contributed by atoms with Crippen LogP contribution < -0.4 is 14.8 Å². The Kier molecular flexibility index (Phi) is 7.55. The highest BCUT2D eigenvalue weighted by Crippen LogP contribution is 2.30. The number of methoxy groups -OCH3 is 1. The van der Waals surface area contributed by atoms with Crippen molar-refractivity contribution in [1.82, 2.24) is 5.32 Å². The third-order valence-electron chi connectivity index (χ3n) is 4.22. The second kappa shape index (κ2) is 10.5. The van der Waals surface area contributed by atoms with Gasteiger partial charge in [-0.1, -0.05) is 29.3 Å². The molecule has 9 heteroatoms. The molecule has 3 aromatic rings. The lowest BCUT2D eigenvalue weighted by molar-refractivity contribution is -0.117. The quantitative estimate of drug-likeness (QED) is 0.224. The summed E-state index contributed by atoms with van der Waals surface area (Å²) in [5.41, 5.74) is 0.602. The summed E-state index contributed by atoms with van der Waals surface area (Å²) < 4.78 is 15.8. The molecule has 0 radical (unpaired) electrons. The lowest BCUT2D eigenvalue weighted by Gasteiger charge is -2.10. The molecule has 0 bridgehead atoms. The van der Waals surface area contributed by atoms with E-state index in [1.54, 1.807) is 18.2 Å². The van der Waals surface area contributed by atoms with E-state index in [4.69, 9.17) is 37.1 Å². The Morgan fingerprint density at radius 1 is 1.12 bits per heavy atom. The van der Waals surface area contributed by atoms with E-state index in [2.05, 4.69) is 5.32 Å². The fourth-order valence-electron chi connectivity index (χ4n) is 2.63. The summed E-state index contributed by atoms with van der Waals surface area (Å²) in [7, 11) is 1.40. The van der Waals surface area contributed by atoms with Crippen molar-refractivity contribution in [2.24, 2.45) is 0 Å². The van der Waals surface area contributed by atoms with Crippen molar-refractivity contribution >= 4 is 41.2 Å². The molecule has 0 atom stereocenters. The first-order chi connectivity index (χ1) is 15.4. The second-order valence-electron chi connectivity index (χ2n) is 6.36. The number of halogens is 2. The van der Waals surface area contributed by atoms with Gasteiger partial charge in [0.1, 0.15) is 17.4 Å². The van der Waals surface area contributed by atoms with Gasteiger partial charge in [0, 0.05) is 0 Å². The van der Waals surface area contributed by atoms with Crippen LogP contribution in [0.3, 0.4) is 0 Å². The summed E-state index contributed by atoms with van der Waals surface area (Å²) >= 11 is 11.8. The van der Waals surface area contributed by atoms with Crippen LogP contribution in [0.25, 0.3) is 6.08 Å². The number of nitrogens with zero attached hydrogens (tertiary/aromatic N) is 1. The maximum Gasteiger partial charge on any atom is 0.343 e. The van der Waals surface area contributed by atoms with E-state index in [0.29, 0.717) is 16.3 Å². The van der Waals surface area contributed by atoms with Gasteiger partial charge in [-0.3, -0.25) is 4.79 Å². The number of carbonyl (C=O) groups excluding carboxylic acids is 2. The van der Waals surface area contributed by atoms with Crippen molar-refractivity contribution < 1.29 is 23.5 Å². The van der Waals surface area contributed by atoms with Gasteiger partial charge < -0.3 is 19.2 Å². The average Bonchev–Trinajstić information content (AvgIpc) is 3.32. The van der Waals surface area contributed by atoms with E-state index in [0.717, 1.165) is 0 Å². The SMILES string of the molecule is COc1cc(/C=C(\C#N)C(=O)NCc2ccco2)ccc1OC(=O)c1ccc(Cl)c(Cl)c1. The zero-order valence-corrected chi connectivity index (χ0v) is 18.2. The van der Waals surface area contributed by atoms with Gasteiger partial charge in [0.05, 0.1) is 35.5 Å². The minimum absolute atomic E-state index is 0.112. The predicted molar refractivity (Wildman–Crippen MR) is 119 cm³/mol. The summed E-state index contributed by atoms with van der Waals surface area (Å²) in [6.45, 7) is 0.151. The summed E-state index contributed by atoms with van der Waals surface area (Å²) in [6.07, 6.45) is 2.88. The fraction of sp³-hybridized carbons (Fsp3) is 0.0870. The number of nitrogens with one attached hydrogen (secondary N) is 1. The van der Waals surface area contributed by atoms with E-state index in [1.807, 2.05) is 6.07 Å². The first kappa shape index (κ1) is 22.9. The number of hydrogen-bond acceptors (Lipinski definition) is 6. The van der Waals surface area contributed by atoms with Crippen molar-refractivity contribution in [2.75, 3.05) is 7.11 Å². The fourth-order valence-corrected chi connectivity index (χ4v) is 2.93. The molecule has 1 heterocycles.